The van der Waals surface area contributed by atoms with Crippen LogP contribution in [0.25, 0.3) is 0 Å². The van der Waals surface area contributed by atoms with E-state index in [4.69, 9.17) is 23.3 Å². The molecule has 0 saturated heterocycles. The summed E-state index contributed by atoms with van der Waals surface area (Å²) in [6, 6.07) is 6.42. The average Bonchev–Trinajstić information content (AvgIpc) is 2.16. The first-order chi connectivity index (χ1) is 7.56. The van der Waals surface area contributed by atoms with Gasteiger partial charge in [0.25, 0.3) is 0 Å². The highest BCUT2D eigenvalue weighted by Gasteiger charge is 2.23. The maximum Gasteiger partial charge on any atom is 0.394 e. The van der Waals surface area contributed by atoms with Crippen LogP contribution in [0.5, 0.6) is 0 Å². The van der Waals surface area contributed by atoms with Gasteiger partial charge in [0.05, 0.1) is 0 Å². The third-order valence-electron chi connectivity index (χ3n) is 1.75. The van der Waals surface area contributed by atoms with E-state index in [1.807, 2.05) is 0 Å². The molecule has 0 heterocycles. The Hall–Kier alpha value is -1.23. The van der Waals surface area contributed by atoms with Crippen LogP contribution in [0.4, 0.5) is 11.4 Å². The molecule has 98 valence electrons. The number of hydrogen-bond donors (Lipinski definition) is 5. The maximum absolute atomic E-state index is 9.34. The van der Waals surface area contributed by atoms with Gasteiger partial charge in [0.15, 0.2) is 5.69 Å². The van der Waals surface area contributed by atoms with Crippen molar-refractivity contribution in [1.29, 1.82) is 0 Å². The molecule has 6 N–H and O–H groups in total. The van der Waals surface area contributed by atoms with Crippen molar-refractivity contribution >= 4 is 21.8 Å². The second-order valence-electron chi connectivity index (χ2n) is 3.09. The highest BCUT2D eigenvalue weighted by Crippen LogP contribution is 2.18. The molecular formula is C8H15N2O6S+. The van der Waals surface area contributed by atoms with Crippen molar-refractivity contribution in [2.45, 2.75) is 6.92 Å². The topological polar surface area (TPSA) is 141 Å². The molecule has 0 atom stereocenters. The van der Waals surface area contributed by atoms with Gasteiger partial charge in [-0.2, -0.15) is 18.8 Å². The van der Waals surface area contributed by atoms with Gasteiger partial charge in [-0.05, 0) is 23.9 Å². The Morgan fingerprint density at radius 1 is 1.18 bits per heavy atom. The van der Waals surface area contributed by atoms with Gasteiger partial charge in [-0.3, -0.25) is 9.11 Å². The molecule has 0 fully saturated rings. The van der Waals surface area contributed by atoms with Crippen LogP contribution >= 0.6 is 0 Å². The molecule has 0 amide bonds. The number of benzene rings is 1. The normalized spacial score (nSPS) is 11.6. The van der Waals surface area contributed by atoms with Crippen molar-refractivity contribution < 1.29 is 27.9 Å². The molecule has 1 rings (SSSR count). The summed E-state index contributed by atoms with van der Waals surface area (Å²) in [5, 5.41) is 18.7. The van der Waals surface area contributed by atoms with E-state index < -0.39 is 15.2 Å². The fraction of sp³-hybridized carbons (Fsp3) is 0.250. The standard InChI is InChI=1S/C8H13N2O2.H2O4S/c1-2-10(11,12)8-5-3-7(9)4-6-8;1-5(2,3)4/h3-6,11-12H,2,9H2,1H3;(H2,1,2,3,4)/q+1;. The third-order valence-corrected chi connectivity index (χ3v) is 1.75. The van der Waals surface area contributed by atoms with Crippen molar-refractivity contribution in [2.75, 3.05) is 12.3 Å². The molecule has 0 aliphatic rings. The molecule has 0 bridgehead atoms. The number of hydrogen-bond acceptors (Lipinski definition) is 5. The Balaban J connectivity index is 0.000000437. The SMILES string of the molecule is CC[N+](O)(O)c1ccc(N)cc1.O=S(=O)(O)O. The predicted molar refractivity (Wildman–Crippen MR) is 60.9 cm³/mol. The lowest BCUT2D eigenvalue weighted by molar-refractivity contribution is -0.287. The largest absolute Gasteiger partial charge is 0.399 e. The van der Waals surface area contributed by atoms with Gasteiger partial charge in [-0.15, -0.1) is 0 Å². The molecular weight excluding hydrogens is 252 g/mol. The van der Waals surface area contributed by atoms with E-state index >= 15 is 0 Å². The Kier molecular flexibility index (Phi) is 5.48. The molecule has 0 unspecified atom stereocenters. The average molecular weight is 267 g/mol. The third kappa shape index (κ3) is 7.63. The van der Waals surface area contributed by atoms with Crippen LogP contribution in [0.1, 0.15) is 6.92 Å². The summed E-state index contributed by atoms with van der Waals surface area (Å²) in [6.45, 7) is 1.88. The van der Waals surface area contributed by atoms with E-state index in [1.165, 1.54) is 0 Å². The molecule has 0 saturated carbocycles. The quantitative estimate of drug-likeness (QED) is 0.230. The smallest absolute Gasteiger partial charge is 0.394 e. The summed E-state index contributed by atoms with van der Waals surface area (Å²) in [5.74, 6) is 0. The van der Waals surface area contributed by atoms with Crippen LogP contribution in [0.2, 0.25) is 0 Å². The van der Waals surface area contributed by atoms with Crippen LogP contribution < -0.4 is 10.5 Å². The first-order valence-electron chi connectivity index (χ1n) is 4.46. The van der Waals surface area contributed by atoms with Crippen molar-refractivity contribution in [3.8, 4) is 0 Å². The van der Waals surface area contributed by atoms with E-state index in [9.17, 15) is 10.4 Å². The van der Waals surface area contributed by atoms with Crippen LogP contribution in [-0.4, -0.2) is 34.5 Å². The second kappa shape index (κ2) is 5.91. The Bertz CT molecular complexity index is 434. The zero-order valence-electron chi connectivity index (χ0n) is 9.05. The van der Waals surface area contributed by atoms with Gasteiger partial charge < -0.3 is 5.73 Å². The molecule has 0 aliphatic carbocycles. The van der Waals surface area contributed by atoms with Crippen molar-refractivity contribution in [3.05, 3.63) is 24.3 Å². The van der Waals surface area contributed by atoms with Gasteiger partial charge in [-0.25, -0.2) is 0 Å². The Morgan fingerprint density at radius 3 is 1.82 bits per heavy atom. The number of hydroxylamine groups is 2. The zero-order chi connectivity index (χ0) is 13.7. The zero-order valence-corrected chi connectivity index (χ0v) is 9.87. The Morgan fingerprint density at radius 2 is 1.53 bits per heavy atom. The first kappa shape index (κ1) is 15.8. The van der Waals surface area contributed by atoms with E-state index in [-0.39, 0.29) is 6.54 Å². The monoisotopic (exact) mass is 267 g/mol. The summed E-state index contributed by atoms with van der Waals surface area (Å²) in [4.78, 5) is -1.10. The van der Waals surface area contributed by atoms with E-state index in [0.29, 0.717) is 11.4 Å². The molecule has 0 spiro atoms. The molecule has 0 radical (unpaired) electrons. The number of nitrogens with zero attached hydrogens (tertiary/aromatic N) is 1. The van der Waals surface area contributed by atoms with Crippen LogP contribution in [-0.2, 0) is 10.4 Å². The predicted octanol–water partition coefficient (Wildman–Crippen LogP) is 0.722. The minimum absolute atomic E-state index is 0.198. The molecule has 1 aromatic carbocycles. The van der Waals surface area contributed by atoms with E-state index in [1.54, 1.807) is 31.2 Å². The minimum Gasteiger partial charge on any atom is -0.399 e. The second-order valence-corrected chi connectivity index (χ2v) is 3.98. The fourth-order valence-corrected chi connectivity index (χ4v) is 0.896. The number of nitrogens with two attached hydrogens (primary N) is 1. The number of rotatable bonds is 2. The lowest BCUT2D eigenvalue weighted by Crippen LogP contribution is -2.41. The molecule has 0 aromatic heterocycles. The Labute approximate surface area is 98.6 Å². The van der Waals surface area contributed by atoms with E-state index in [0.717, 1.165) is 0 Å². The van der Waals surface area contributed by atoms with E-state index in [2.05, 4.69) is 0 Å². The molecule has 9 heteroatoms. The van der Waals surface area contributed by atoms with Gasteiger partial charge in [0.2, 0.25) is 0 Å². The highest BCUT2D eigenvalue weighted by molar-refractivity contribution is 7.79. The lowest BCUT2D eigenvalue weighted by atomic mass is 10.3. The highest BCUT2D eigenvalue weighted by atomic mass is 32.3. The van der Waals surface area contributed by atoms with Crippen molar-refractivity contribution in [1.82, 2.24) is 4.81 Å². The van der Waals surface area contributed by atoms with Crippen LogP contribution in [0, 0.1) is 0 Å². The maximum atomic E-state index is 9.34. The fourth-order valence-electron chi connectivity index (χ4n) is 0.896. The van der Waals surface area contributed by atoms with Crippen molar-refractivity contribution in [2.24, 2.45) is 0 Å². The van der Waals surface area contributed by atoms with Gasteiger partial charge >= 0.3 is 10.4 Å². The number of quaternary nitrogens is 1. The first-order valence-corrected chi connectivity index (χ1v) is 5.85. The number of anilines is 1. The lowest BCUT2D eigenvalue weighted by Gasteiger charge is -2.18. The summed E-state index contributed by atoms with van der Waals surface area (Å²) < 4.78 is 31.6. The number of nitrogen functional groups attached to an aromatic ring is 1. The summed E-state index contributed by atoms with van der Waals surface area (Å²) in [7, 11) is -4.67. The summed E-state index contributed by atoms with van der Waals surface area (Å²) in [5.41, 5.74) is 6.46. The molecule has 1 aromatic rings. The minimum atomic E-state index is -4.67. The van der Waals surface area contributed by atoms with Gasteiger partial charge in [-0.1, -0.05) is 0 Å². The van der Waals surface area contributed by atoms with Crippen LogP contribution in [0.15, 0.2) is 24.3 Å². The van der Waals surface area contributed by atoms with Crippen molar-refractivity contribution in [3.63, 3.8) is 0 Å². The summed E-state index contributed by atoms with van der Waals surface area (Å²) in [6.07, 6.45) is 0. The molecule has 17 heavy (non-hydrogen) atoms. The van der Waals surface area contributed by atoms with Crippen LogP contribution in [0.3, 0.4) is 0 Å². The molecule has 8 nitrogen and oxygen atoms in total. The molecule has 0 aliphatic heterocycles. The van der Waals surface area contributed by atoms with Gasteiger partial charge in [0, 0.05) is 17.8 Å². The van der Waals surface area contributed by atoms with Gasteiger partial charge in [0.1, 0.15) is 6.54 Å². The summed E-state index contributed by atoms with van der Waals surface area (Å²) >= 11 is 0.